The third-order valence-corrected chi connectivity index (χ3v) is 3.29. The van der Waals surface area contributed by atoms with E-state index in [1.165, 1.54) is 6.92 Å². The number of benzene rings is 1. The molecule has 0 spiro atoms. The van der Waals surface area contributed by atoms with Gasteiger partial charge in [-0.3, -0.25) is 4.79 Å². The second-order valence-electron chi connectivity index (χ2n) is 4.80. The molecular formula is C14H19NO2. The standard InChI is InChI=1S/C14H19NO2/c1-4-14(7-8-14)17-12-5-6-13(10(2)9-12)15-11(3)16/h5-6,9H,4,7-8H2,1-3H3,(H,15,16). The van der Waals surface area contributed by atoms with Crippen molar-refractivity contribution in [1.29, 1.82) is 0 Å². The first kappa shape index (κ1) is 12.0. The SMILES string of the molecule is CCC1(Oc2ccc(NC(C)=O)c(C)c2)CC1. The van der Waals surface area contributed by atoms with Gasteiger partial charge in [-0.25, -0.2) is 0 Å². The molecule has 0 saturated heterocycles. The van der Waals surface area contributed by atoms with Gasteiger partial charge in [0.15, 0.2) is 0 Å². The van der Waals surface area contributed by atoms with Crippen molar-refractivity contribution in [3.63, 3.8) is 0 Å². The lowest BCUT2D eigenvalue weighted by molar-refractivity contribution is -0.114. The fourth-order valence-corrected chi connectivity index (χ4v) is 1.95. The minimum Gasteiger partial charge on any atom is -0.487 e. The van der Waals surface area contributed by atoms with Gasteiger partial charge in [-0.15, -0.1) is 0 Å². The maximum Gasteiger partial charge on any atom is 0.221 e. The number of carbonyl (C=O) groups is 1. The molecule has 3 nitrogen and oxygen atoms in total. The molecule has 1 saturated carbocycles. The lowest BCUT2D eigenvalue weighted by atomic mass is 10.2. The van der Waals surface area contributed by atoms with Crippen LogP contribution in [-0.2, 0) is 4.79 Å². The molecule has 1 aromatic carbocycles. The number of hydrogen-bond donors (Lipinski definition) is 1. The van der Waals surface area contributed by atoms with Crippen molar-refractivity contribution in [3.8, 4) is 5.75 Å². The smallest absolute Gasteiger partial charge is 0.221 e. The van der Waals surface area contributed by atoms with E-state index in [1.807, 2.05) is 25.1 Å². The predicted molar refractivity (Wildman–Crippen MR) is 68.4 cm³/mol. The molecule has 3 heteroatoms. The first-order valence-electron chi connectivity index (χ1n) is 6.12. The van der Waals surface area contributed by atoms with Crippen LogP contribution >= 0.6 is 0 Å². The summed E-state index contributed by atoms with van der Waals surface area (Å²) < 4.78 is 5.99. The van der Waals surface area contributed by atoms with E-state index in [9.17, 15) is 4.79 Å². The van der Waals surface area contributed by atoms with Gasteiger partial charge < -0.3 is 10.1 Å². The van der Waals surface area contributed by atoms with Crippen molar-refractivity contribution in [3.05, 3.63) is 23.8 Å². The number of anilines is 1. The summed E-state index contributed by atoms with van der Waals surface area (Å²) in [7, 11) is 0. The Morgan fingerprint density at radius 1 is 1.47 bits per heavy atom. The molecule has 1 aromatic rings. The highest BCUT2D eigenvalue weighted by Crippen LogP contribution is 2.43. The Kier molecular flexibility index (Phi) is 3.09. The number of amides is 1. The zero-order valence-electron chi connectivity index (χ0n) is 10.7. The van der Waals surface area contributed by atoms with E-state index in [0.29, 0.717) is 0 Å². The van der Waals surface area contributed by atoms with Gasteiger partial charge in [0, 0.05) is 12.6 Å². The predicted octanol–water partition coefficient (Wildman–Crippen LogP) is 3.27. The van der Waals surface area contributed by atoms with Crippen LogP contribution in [0.2, 0.25) is 0 Å². The summed E-state index contributed by atoms with van der Waals surface area (Å²) in [5.74, 6) is 0.852. The molecular weight excluding hydrogens is 214 g/mol. The first-order chi connectivity index (χ1) is 8.04. The van der Waals surface area contributed by atoms with Crippen LogP contribution in [0, 0.1) is 6.92 Å². The molecule has 0 radical (unpaired) electrons. The molecule has 1 aliphatic carbocycles. The van der Waals surface area contributed by atoms with Crippen molar-refractivity contribution in [2.45, 2.75) is 45.6 Å². The van der Waals surface area contributed by atoms with E-state index >= 15 is 0 Å². The van der Waals surface area contributed by atoms with Gasteiger partial charge in [0.1, 0.15) is 11.4 Å². The number of ether oxygens (including phenoxy) is 1. The third kappa shape index (κ3) is 2.78. The largest absolute Gasteiger partial charge is 0.487 e. The van der Waals surface area contributed by atoms with E-state index in [0.717, 1.165) is 36.3 Å². The van der Waals surface area contributed by atoms with Crippen LogP contribution in [-0.4, -0.2) is 11.5 Å². The van der Waals surface area contributed by atoms with E-state index in [-0.39, 0.29) is 11.5 Å². The topological polar surface area (TPSA) is 38.3 Å². The van der Waals surface area contributed by atoms with Crippen LogP contribution < -0.4 is 10.1 Å². The molecule has 0 bridgehead atoms. The van der Waals surface area contributed by atoms with Gasteiger partial charge in [0.05, 0.1) is 0 Å². The highest BCUT2D eigenvalue weighted by molar-refractivity contribution is 5.89. The second kappa shape index (κ2) is 4.40. The Bertz CT molecular complexity index is 436. The number of rotatable bonds is 4. The average Bonchev–Trinajstić information content (AvgIpc) is 3.02. The monoisotopic (exact) mass is 233 g/mol. The quantitative estimate of drug-likeness (QED) is 0.866. The zero-order chi connectivity index (χ0) is 12.5. The molecule has 0 unspecified atom stereocenters. The molecule has 1 amide bonds. The fourth-order valence-electron chi connectivity index (χ4n) is 1.95. The van der Waals surface area contributed by atoms with E-state index < -0.39 is 0 Å². The molecule has 0 aromatic heterocycles. The van der Waals surface area contributed by atoms with Gasteiger partial charge in [-0.1, -0.05) is 6.92 Å². The molecule has 92 valence electrons. The van der Waals surface area contributed by atoms with Crippen LogP contribution in [0.25, 0.3) is 0 Å². The molecule has 1 aliphatic rings. The Hall–Kier alpha value is -1.51. The lowest BCUT2D eigenvalue weighted by Crippen LogP contribution is -2.16. The average molecular weight is 233 g/mol. The van der Waals surface area contributed by atoms with E-state index in [1.54, 1.807) is 0 Å². The lowest BCUT2D eigenvalue weighted by Gasteiger charge is -2.17. The number of aryl methyl sites for hydroxylation is 1. The summed E-state index contributed by atoms with van der Waals surface area (Å²) in [5, 5.41) is 2.80. The summed E-state index contributed by atoms with van der Waals surface area (Å²) in [6.45, 7) is 5.65. The zero-order valence-corrected chi connectivity index (χ0v) is 10.7. The van der Waals surface area contributed by atoms with Crippen LogP contribution in [0.15, 0.2) is 18.2 Å². The number of carbonyl (C=O) groups excluding carboxylic acids is 1. The normalized spacial score (nSPS) is 16.4. The highest BCUT2D eigenvalue weighted by atomic mass is 16.5. The van der Waals surface area contributed by atoms with E-state index in [2.05, 4.69) is 12.2 Å². The summed E-state index contributed by atoms with van der Waals surface area (Å²) in [4.78, 5) is 11.0. The summed E-state index contributed by atoms with van der Waals surface area (Å²) in [6.07, 6.45) is 3.35. The summed E-state index contributed by atoms with van der Waals surface area (Å²) >= 11 is 0. The Balaban J connectivity index is 2.11. The maximum atomic E-state index is 11.0. The Morgan fingerprint density at radius 3 is 2.65 bits per heavy atom. The minimum absolute atomic E-state index is 0.0472. The summed E-state index contributed by atoms with van der Waals surface area (Å²) in [6, 6.07) is 5.81. The highest BCUT2D eigenvalue weighted by Gasteiger charge is 2.43. The molecule has 1 N–H and O–H groups in total. The first-order valence-corrected chi connectivity index (χ1v) is 6.12. The number of nitrogens with one attached hydrogen (secondary N) is 1. The van der Waals surface area contributed by atoms with Crippen molar-refractivity contribution >= 4 is 11.6 Å². The molecule has 0 atom stereocenters. The van der Waals surface area contributed by atoms with Crippen LogP contribution in [0.4, 0.5) is 5.69 Å². The van der Waals surface area contributed by atoms with Crippen molar-refractivity contribution < 1.29 is 9.53 Å². The minimum atomic E-state index is -0.0472. The van der Waals surface area contributed by atoms with E-state index in [4.69, 9.17) is 4.74 Å². The third-order valence-electron chi connectivity index (χ3n) is 3.29. The Labute approximate surface area is 102 Å². The van der Waals surface area contributed by atoms with Crippen LogP contribution in [0.3, 0.4) is 0 Å². The maximum absolute atomic E-state index is 11.0. The molecule has 17 heavy (non-hydrogen) atoms. The summed E-state index contributed by atoms with van der Waals surface area (Å²) in [5.41, 5.74) is 1.97. The Morgan fingerprint density at radius 2 is 2.18 bits per heavy atom. The van der Waals surface area contributed by atoms with Gasteiger partial charge >= 0.3 is 0 Å². The van der Waals surface area contributed by atoms with Gasteiger partial charge in [0.2, 0.25) is 5.91 Å². The second-order valence-corrected chi connectivity index (χ2v) is 4.80. The van der Waals surface area contributed by atoms with Crippen LogP contribution in [0.1, 0.15) is 38.7 Å². The van der Waals surface area contributed by atoms with Gasteiger partial charge in [0.25, 0.3) is 0 Å². The van der Waals surface area contributed by atoms with Crippen molar-refractivity contribution in [2.24, 2.45) is 0 Å². The van der Waals surface area contributed by atoms with Crippen molar-refractivity contribution in [1.82, 2.24) is 0 Å². The molecule has 0 aliphatic heterocycles. The fraction of sp³-hybridized carbons (Fsp3) is 0.500. The molecule has 2 rings (SSSR count). The van der Waals surface area contributed by atoms with Crippen molar-refractivity contribution in [2.75, 3.05) is 5.32 Å². The van der Waals surface area contributed by atoms with Crippen LogP contribution in [0.5, 0.6) is 5.75 Å². The van der Waals surface area contributed by atoms with Gasteiger partial charge in [-0.05, 0) is 49.9 Å². The molecule has 0 heterocycles. The molecule has 1 fully saturated rings. The number of hydrogen-bond acceptors (Lipinski definition) is 2. The van der Waals surface area contributed by atoms with Gasteiger partial charge in [-0.2, -0.15) is 0 Å².